The molecule has 0 saturated carbocycles. The van der Waals surface area contributed by atoms with E-state index in [1.54, 1.807) is 7.11 Å². The molecule has 1 rings (SSSR count). The summed E-state index contributed by atoms with van der Waals surface area (Å²) in [7, 11) is 1.74. The molecule has 0 N–H and O–H groups in total. The van der Waals surface area contributed by atoms with Crippen LogP contribution in [0, 0.1) is 5.92 Å². The number of methoxy groups -OCH3 is 1. The van der Waals surface area contributed by atoms with Crippen LogP contribution in [0.4, 0.5) is 0 Å². The van der Waals surface area contributed by atoms with Gasteiger partial charge in [-0.25, -0.2) is 0 Å². The predicted octanol–water partition coefficient (Wildman–Crippen LogP) is 4.27. The number of benzene rings is 1. The minimum absolute atomic E-state index is 0.547. The van der Waals surface area contributed by atoms with Gasteiger partial charge in [-0.3, -0.25) is 0 Å². The first-order valence-corrected chi connectivity index (χ1v) is 6.88. The lowest BCUT2D eigenvalue weighted by atomic mass is 9.97. The number of halogens is 2. The Labute approximate surface area is 111 Å². The Kier molecular flexibility index (Phi) is 7.10. The summed E-state index contributed by atoms with van der Waals surface area (Å²) in [5.41, 5.74) is 1.34. The van der Waals surface area contributed by atoms with Crippen molar-refractivity contribution in [3.63, 3.8) is 0 Å². The lowest BCUT2D eigenvalue weighted by Gasteiger charge is -2.13. The normalized spacial score (nSPS) is 12.7. The van der Waals surface area contributed by atoms with Gasteiger partial charge < -0.3 is 4.74 Å². The van der Waals surface area contributed by atoms with Gasteiger partial charge in [0.05, 0.1) is 0 Å². The lowest BCUT2D eigenvalue weighted by Crippen LogP contribution is -2.07. The molecule has 0 amide bonds. The molecule has 0 spiro atoms. The second-order valence-electron chi connectivity index (χ2n) is 3.99. The fraction of sp³-hybridized carbons (Fsp3) is 0.538. The molecule has 1 aromatic carbocycles. The zero-order valence-electron chi connectivity index (χ0n) is 9.59. The van der Waals surface area contributed by atoms with E-state index in [-0.39, 0.29) is 0 Å². The minimum Gasteiger partial charge on any atom is -0.385 e. The van der Waals surface area contributed by atoms with Gasteiger partial charge in [-0.15, -0.1) is 11.6 Å². The molecule has 0 aliphatic rings. The monoisotopic (exact) mass is 304 g/mol. The lowest BCUT2D eigenvalue weighted by molar-refractivity contribution is 0.188. The fourth-order valence-corrected chi connectivity index (χ4v) is 2.46. The summed E-state index contributed by atoms with van der Waals surface area (Å²) in [5.74, 6) is 1.27. The second-order valence-corrected chi connectivity index (χ2v) is 5.21. The molecule has 16 heavy (non-hydrogen) atoms. The van der Waals surface area contributed by atoms with Gasteiger partial charge in [-0.05, 0) is 42.9 Å². The fourth-order valence-electron chi connectivity index (χ4n) is 1.75. The van der Waals surface area contributed by atoms with Crippen LogP contribution < -0.4 is 0 Å². The Morgan fingerprint density at radius 2 is 2.25 bits per heavy atom. The average Bonchev–Trinajstić information content (AvgIpc) is 2.28. The van der Waals surface area contributed by atoms with Crippen molar-refractivity contribution in [3.05, 3.63) is 34.3 Å². The first-order valence-electron chi connectivity index (χ1n) is 5.55. The highest BCUT2D eigenvalue weighted by molar-refractivity contribution is 9.10. The summed E-state index contributed by atoms with van der Waals surface area (Å²) in [5, 5.41) is 0. The molecule has 0 aliphatic heterocycles. The van der Waals surface area contributed by atoms with Gasteiger partial charge in [0, 0.05) is 24.1 Å². The summed E-state index contributed by atoms with van der Waals surface area (Å²) in [4.78, 5) is 0. The second kappa shape index (κ2) is 8.10. The number of ether oxygens (including phenoxy) is 1. The van der Waals surface area contributed by atoms with E-state index in [4.69, 9.17) is 16.3 Å². The Hall–Kier alpha value is -0.0500. The van der Waals surface area contributed by atoms with Crippen molar-refractivity contribution >= 4 is 27.5 Å². The standard InChI is InChI=1S/C13H18BrClO/c1-16-7-3-5-12(10-15)8-11-4-2-6-13(14)9-11/h2,4,6,9,12H,3,5,7-8,10H2,1H3. The van der Waals surface area contributed by atoms with Crippen molar-refractivity contribution in [1.82, 2.24) is 0 Å². The highest BCUT2D eigenvalue weighted by Crippen LogP contribution is 2.19. The van der Waals surface area contributed by atoms with Crippen LogP contribution in [0.5, 0.6) is 0 Å². The first kappa shape index (κ1) is 14.0. The molecule has 0 bridgehead atoms. The average molecular weight is 306 g/mol. The first-order chi connectivity index (χ1) is 7.76. The Morgan fingerprint density at radius 1 is 1.44 bits per heavy atom. The van der Waals surface area contributed by atoms with E-state index in [1.165, 1.54) is 5.56 Å². The molecule has 1 aromatic rings. The van der Waals surface area contributed by atoms with Crippen LogP contribution in [0.1, 0.15) is 18.4 Å². The van der Waals surface area contributed by atoms with Crippen molar-refractivity contribution in [3.8, 4) is 0 Å². The van der Waals surface area contributed by atoms with E-state index in [9.17, 15) is 0 Å². The van der Waals surface area contributed by atoms with Crippen molar-refractivity contribution in [1.29, 1.82) is 0 Å². The van der Waals surface area contributed by atoms with Gasteiger partial charge in [0.25, 0.3) is 0 Å². The van der Waals surface area contributed by atoms with Gasteiger partial charge in [0.15, 0.2) is 0 Å². The highest BCUT2D eigenvalue weighted by atomic mass is 79.9. The molecule has 90 valence electrons. The van der Waals surface area contributed by atoms with Crippen LogP contribution in [0.3, 0.4) is 0 Å². The third kappa shape index (κ3) is 5.33. The molecule has 0 radical (unpaired) electrons. The van der Waals surface area contributed by atoms with Crippen molar-refractivity contribution in [2.45, 2.75) is 19.3 Å². The Bertz CT molecular complexity index is 304. The number of hydrogen-bond acceptors (Lipinski definition) is 1. The van der Waals surface area contributed by atoms with E-state index in [0.29, 0.717) is 5.92 Å². The smallest absolute Gasteiger partial charge is 0.0462 e. The van der Waals surface area contributed by atoms with Crippen LogP contribution in [-0.4, -0.2) is 19.6 Å². The van der Waals surface area contributed by atoms with Crippen LogP contribution >= 0.6 is 27.5 Å². The third-order valence-corrected chi connectivity index (χ3v) is 3.52. The van der Waals surface area contributed by atoms with Gasteiger partial charge in [0.1, 0.15) is 0 Å². The van der Waals surface area contributed by atoms with Crippen molar-refractivity contribution < 1.29 is 4.74 Å². The van der Waals surface area contributed by atoms with E-state index in [2.05, 4.69) is 34.1 Å². The number of rotatable bonds is 7. The summed E-state index contributed by atoms with van der Waals surface area (Å²) >= 11 is 9.47. The maximum Gasteiger partial charge on any atom is 0.0462 e. The maximum atomic E-state index is 5.98. The zero-order valence-corrected chi connectivity index (χ0v) is 11.9. The largest absolute Gasteiger partial charge is 0.385 e. The minimum atomic E-state index is 0.547. The molecule has 0 aromatic heterocycles. The molecule has 1 nitrogen and oxygen atoms in total. The number of hydrogen-bond donors (Lipinski definition) is 0. The Balaban J connectivity index is 2.43. The molecule has 0 heterocycles. The van der Waals surface area contributed by atoms with Gasteiger partial charge in [0.2, 0.25) is 0 Å². The summed E-state index contributed by atoms with van der Waals surface area (Å²) in [6, 6.07) is 8.43. The van der Waals surface area contributed by atoms with Crippen LogP contribution in [0.15, 0.2) is 28.7 Å². The summed E-state index contributed by atoms with van der Waals surface area (Å²) in [6.07, 6.45) is 3.26. The SMILES string of the molecule is COCCCC(CCl)Cc1cccc(Br)c1. The predicted molar refractivity (Wildman–Crippen MR) is 73.2 cm³/mol. The van der Waals surface area contributed by atoms with Crippen molar-refractivity contribution in [2.24, 2.45) is 5.92 Å². The molecule has 1 atom stereocenters. The van der Waals surface area contributed by atoms with E-state index in [0.717, 1.165) is 36.2 Å². The van der Waals surface area contributed by atoms with Crippen molar-refractivity contribution in [2.75, 3.05) is 19.6 Å². The molecule has 0 aliphatic carbocycles. The van der Waals surface area contributed by atoms with E-state index >= 15 is 0 Å². The maximum absolute atomic E-state index is 5.98. The van der Waals surface area contributed by atoms with Crippen LogP contribution in [0.2, 0.25) is 0 Å². The van der Waals surface area contributed by atoms with Gasteiger partial charge in [-0.1, -0.05) is 28.1 Å². The summed E-state index contributed by atoms with van der Waals surface area (Å²) < 4.78 is 6.19. The molecule has 1 unspecified atom stereocenters. The number of alkyl halides is 1. The topological polar surface area (TPSA) is 9.23 Å². The van der Waals surface area contributed by atoms with Crippen LogP contribution in [0.25, 0.3) is 0 Å². The molecular weight excluding hydrogens is 287 g/mol. The summed E-state index contributed by atoms with van der Waals surface area (Å²) in [6.45, 7) is 0.825. The molecule has 0 fully saturated rings. The third-order valence-electron chi connectivity index (χ3n) is 2.59. The van der Waals surface area contributed by atoms with Crippen LogP contribution in [-0.2, 0) is 11.2 Å². The highest BCUT2D eigenvalue weighted by Gasteiger charge is 2.08. The molecule has 0 saturated heterocycles. The van der Waals surface area contributed by atoms with E-state index in [1.807, 2.05) is 6.07 Å². The molecular formula is C13H18BrClO. The Morgan fingerprint density at radius 3 is 2.88 bits per heavy atom. The van der Waals surface area contributed by atoms with Gasteiger partial charge >= 0.3 is 0 Å². The quantitative estimate of drug-likeness (QED) is 0.540. The van der Waals surface area contributed by atoms with E-state index < -0.39 is 0 Å². The molecule has 3 heteroatoms. The van der Waals surface area contributed by atoms with Gasteiger partial charge in [-0.2, -0.15) is 0 Å². The zero-order chi connectivity index (χ0) is 11.8.